The fourth-order valence-electron chi connectivity index (χ4n) is 3.05. The van der Waals surface area contributed by atoms with Crippen molar-refractivity contribution in [3.05, 3.63) is 29.3 Å². The number of benzene rings is 1. The smallest absolute Gasteiger partial charge is 0.257 e. The minimum atomic E-state index is -0.654. The van der Waals surface area contributed by atoms with E-state index in [9.17, 15) is 19.2 Å². The van der Waals surface area contributed by atoms with Crippen molar-refractivity contribution in [2.24, 2.45) is 5.73 Å². The van der Waals surface area contributed by atoms with Crippen LogP contribution in [-0.4, -0.2) is 54.3 Å². The Hall–Kier alpha value is -2.65. The maximum Gasteiger partial charge on any atom is 0.257 e. The number of carbonyl (C=O) groups is 4. The molecule has 1 aromatic rings. The lowest BCUT2D eigenvalue weighted by Crippen LogP contribution is -2.52. The predicted molar refractivity (Wildman–Crippen MR) is 97.3 cm³/mol. The van der Waals surface area contributed by atoms with Gasteiger partial charge in [-0.1, -0.05) is 0 Å². The number of piperidine rings is 1. The lowest BCUT2D eigenvalue weighted by Gasteiger charge is -2.29. The summed E-state index contributed by atoms with van der Waals surface area (Å²) >= 11 is 0. The number of nitrogens with zero attached hydrogens (tertiary/aromatic N) is 1. The molecule has 2 aliphatic rings. The first kappa shape index (κ1) is 20.7. The number of hydrogen-bond donors (Lipinski definition) is 3. The average Bonchev–Trinajstić information content (AvgIpc) is 2.94. The number of amides is 4. The predicted octanol–water partition coefficient (Wildman–Crippen LogP) is -0.677. The van der Waals surface area contributed by atoms with E-state index in [1.807, 2.05) is 0 Å². The van der Waals surface area contributed by atoms with Gasteiger partial charge in [0.05, 0.1) is 0 Å². The van der Waals surface area contributed by atoms with Crippen LogP contribution in [0.25, 0.3) is 0 Å². The van der Waals surface area contributed by atoms with Crippen molar-refractivity contribution in [3.63, 3.8) is 0 Å². The zero-order valence-electron chi connectivity index (χ0n) is 14.5. The zero-order valence-corrected chi connectivity index (χ0v) is 15.3. The van der Waals surface area contributed by atoms with Crippen LogP contribution in [0, 0.1) is 0 Å². The number of nitrogens with two attached hydrogens (primary N) is 1. The third-order valence-electron chi connectivity index (χ3n) is 4.33. The monoisotopic (exact) mass is 396 g/mol. The van der Waals surface area contributed by atoms with Gasteiger partial charge in [0.1, 0.15) is 11.8 Å². The fourth-order valence-corrected chi connectivity index (χ4v) is 3.05. The first-order valence-corrected chi connectivity index (χ1v) is 8.36. The summed E-state index contributed by atoms with van der Waals surface area (Å²) < 4.78 is 5.43. The number of imide groups is 1. The molecule has 1 fully saturated rings. The Kier molecular flexibility index (Phi) is 6.75. The molecule has 3 rings (SSSR count). The highest BCUT2D eigenvalue weighted by Crippen LogP contribution is 2.30. The van der Waals surface area contributed by atoms with Crippen molar-refractivity contribution < 1.29 is 23.9 Å². The van der Waals surface area contributed by atoms with Crippen LogP contribution in [0.1, 0.15) is 28.8 Å². The molecule has 0 aliphatic carbocycles. The highest BCUT2D eigenvalue weighted by molar-refractivity contribution is 6.05. The second kappa shape index (κ2) is 8.83. The molecule has 1 saturated heterocycles. The van der Waals surface area contributed by atoms with Crippen molar-refractivity contribution in [3.8, 4) is 5.75 Å². The Morgan fingerprint density at radius 1 is 1.33 bits per heavy atom. The van der Waals surface area contributed by atoms with Gasteiger partial charge in [0.15, 0.2) is 6.61 Å². The normalized spacial score (nSPS) is 18.5. The molecule has 0 bridgehead atoms. The highest BCUT2D eigenvalue weighted by atomic mass is 35.5. The van der Waals surface area contributed by atoms with Crippen LogP contribution in [0.2, 0.25) is 0 Å². The Balaban J connectivity index is 0.00000261. The third-order valence-corrected chi connectivity index (χ3v) is 4.33. The minimum absolute atomic E-state index is 0. The van der Waals surface area contributed by atoms with Gasteiger partial charge in [0.25, 0.3) is 11.8 Å². The number of rotatable bonds is 6. The summed E-state index contributed by atoms with van der Waals surface area (Å²) in [6, 6.07) is 4.27. The van der Waals surface area contributed by atoms with Crippen LogP contribution in [0.15, 0.2) is 18.2 Å². The van der Waals surface area contributed by atoms with Gasteiger partial charge in [-0.2, -0.15) is 0 Å². The number of nitrogens with one attached hydrogen (secondary N) is 2. The summed E-state index contributed by atoms with van der Waals surface area (Å²) in [6.45, 7) is 0.839. The summed E-state index contributed by atoms with van der Waals surface area (Å²) in [6.07, 6.45) is 0.526. The van der Waals surface area contributed by atoms with Crippen LogP contribution in [0.3, 0.4) is 0 Å². The molecule has 0 spiro atoms. The summed E-state index contributed by atoms with van der Waals surface area (Å²) in [7, 11) is 0. The van der Waals surface area contributed by atoms with Crippen LogP contribution in [0.4, 0.5) is 0 Å². The Bertz CT molecular complexity index is 770. The van der Waals surface area contributed by atoms with Gasteiger partial charge >= 0.3 is 0 Å². The number of carbonyl (C=O) groups excluding carboxylic acids is 4. The largest absolute Gasteiger partial charge is 0.484 e. The molecular weight excluding hydrogens is 376 g/mol. The zero-order chi connectivity index (χ0) is 18.7. The van der Waals surface area contributed by atoms with E-state index in [1.165, 1.54) is 4.90 Å². The van der Waals surface area contributed by atoms with Crippen molar-refractivity contribution in [1.82, 2.24) is 15.5 Å². The minimum Gasteiger partial charge on any atom is -0.484 e. The number of halogens is 1. The maximum absolute atomic E-state index is 12.6. The van der Waals surface area contributed by atoms with E-state index in [2.05, 4.69) is 10.6 Å². The summed E-state index contributed by atoms with van der Waals surface area (Å²) in [5, 5.41) is 4.86. The molecule has 0 radical (unpaired) electrons. The van der Waals surface area contributed by atoms with Gasteiger partial charge in [-0.15, -0.1) is 12.4 Å². The Morgan fingerprint density at radius 3 is 2.81 bits per heavy atom. The molecule has 27 heavy (non-hydrogen) atoms. The van der Waals surface area contributed by atoms with Crippen molar-refractivity contribution in [2.45, 2.75) is 25.4 Å². The molecule has 4 amide bonds. The van der Waals surface area contributed by atoms with E-state index in [4.69, 9.17) is 10.5 Å². The van der Waals surface area contributed by atoms with Gasteiger partial charge in [0.2, 0.25) is 11.8 Å². The molecule has 1 unspecified atom stereocenters. The van der Waals surface area contributed by atoms with Gasteiger partial charge in [-0.05, 0) is 30.2 Å². The number of ether oxygens (including phenoxy) is 1. The van der Waals surface area contributed by atoms with Gasteiger partial charge in [-0.25, -0.2) is 0 Å². The molecule has 10 heteroatoms. The molecule has 2 heterocycles. The van der Waals surface area contributed by atoms with Crippen LogP contribution in [0.5, 0.6) is 5.75 Å². The van der Waals surface area contributed by atoms with E-state index in [-0.39, 0.29) is 49.7 Å². The van der Waals surface area contributed by atoms with Gasteiger partial charge in [0, 0.05) is 31.6 Å². The average molecular weight is 397 g/mol. The second-order valence-electron chi connectivity index (χ2n) is 6.15. The molecular formula is C17H21ClN4O5. The molecule has 1 aromatic carbocycles. The SMILES string of the molecule is Cl.NCCNC(=O)COc1ccc2c(c1)CN(C1CCC(=O)NC1=O)C2=O. The Labute approximate surface area is 162 Å². The molecule has 0 aromatic heterocycles. The third kappa shape index (κ3) is 4.55. The van der Waals surface area contributed by atoms with Crippen molar-refractivity contribution in [2.75, 3.05) is 19.7 Å². The second-order valence-corrected chi connectivity index (χ2v) is 6.15. The molecule has 4 N–H and O–H groups in total. The molecule has 146 valence electrons. The van der Waals surface area contributed by atoms with Crippen LogP contribution >= 0.6 is 12.4 Å². The fraction of sp³-hybridized carbons (Fsp3) is 0.412. The van der Waals surface area contributed by atoms with Crippen molar-refractivity contribution >= 4 is 36.0 Å². The quantitative estimate of drug-likeness (QED) is 0.546. The highest BCUT2D eigenvalue weighted by Gasteiger charge is 2.39. The first-order chi connectivity index (χ1) is 12.5. The lowest BCUT2D eigenvalue weighted by molar-refractivity contribution is -0.137. The topological polar surface area (TPSA) is 131 Å². The summed E-state index contributed by atoms with van der Waals surface area (Å²) in [5.41, 5.74) is 6.53. The maximum atomic E-state index is 12.6. The lowest BCUT2D eigenvalue weighted by atomic mass is 10.0. The molecule has 2 aliphatic heterocycles. The van der Waals surface area contributed by atoms with Crippen molar-refractivity contribution in [1.29, 1.82) is 0 Å². The van der Waals surface area contributed by atoms with Gasteiger partial charge < -0.3 is 20.7 Å². The van der Waals surface area contributed by atoms with E-state index in [1.54, 1.807) is 18.2 Å². The van der Waals surface area contributed by atoms with E-state index in [0.29, 0.717) is 30.8 Å². The molecule has 9 nitrogen and oxygen atoms in total. The summed E-state index contributed by atoms with van der Waals surface area (Å²) in [4.78, 5) is 48.9. The van der Waals surface area contributed by atoms with E-state index in [0.717, 1.165) is 5.56 Å². The van der Waals surface area contributed by atoms with E-state index >= 15 is 0 Å². The number of hydrogen-bond acceptors (Lipinski definition) is 6. The van der Waals surface area contributed by atoms with E-state index < -0.39 is 11.9 Å². The Morgan fingerprint density at radius 2 is 2.11 bits per heavy atom. The molecule has 1 atom stereocenters. The van der Waals surface area contributed by atoms with Crippen LogP contribution in [-0.2, 0) is 20.9 Å². The first-order valence-electron chi connectivity index (χ1n) is 8.36. The molecule has 0 saturated carbocycles. The summed E-state index contributed by atoms with van der Waals surface area (Å²) in [5.74, 6) is -0.835. The van der Waals surface area contributed by atoms with Gasteiger partial charge in [-0.3, -0.25) is 24.5 Å². The van der Waals surface area contributed by atoms with Crippen LogP contribution < -0.4 is 21.1 Å². The number of fused-ring (bicyclic) bond motifs is 1. The standard InChI is InChI=1S/C17H20N4O5.ClH/c18-5-6-19-15(23)9-26-11-1-2-12-10(7-11)8-21(17(12)25)13-3-4-14(22)20-16(13)24;/h1-2,7,13H,3-6,8-9,18H2,(H,19,23)(H,20,22,24);1H.